The van der Waals surface area contributed by atoms with E-state index in [2.05, 4.69) is 17.2 Å². The van der Waals surface area contributed by atoms with E-state index in [9.17, 15) is 9.59 Å². The number of carbonyl (C=O) groups is 2. The molecule has 104 valence electrons. The summed E-state index contributed by atoms with van der Waals surface area (Å²) in [4.78, 5) is 22.0. The molecule has 6 nitrogen and oxygen atoms in total. The zero-order chi connectivity index (χ0) is 14.0. The van der Waals surface area contributed by atoms with Crippen LogP contribution in [0, 0.1) is 0 Å². The van der Waals surface area contributed by atoms with Crippen molar-refractivity contribution in [2.24, 2.45) is 0 Å². The predicted octanol–water partition coefficient (Wildman–Crippen LogP) is 1.18. The van der Waals surface area contributed by atoms with E-state index in [1.165, 1.54) is 6.08 Å². The van der Waals surface area contributed by atoms with E-state index >= 15 is 0 Å². The van der Waals surface area contributed by atoms with Crippen LogP contribution < -0.4 is 10.6 Å². The third kappa shape index (κ3) is 10.9. The molecule has 0 aliphatic rings. The summed E-state index contributed by atoms with van der Waals surface area (Å²) in [6.45, 7) is 9.71. The summed E-state index contributed by atoms with van der Waals surface area (Å²) in [5.41, 5.74) is -0.327. The number of carbonyl (C=O) groups excluding carboxylic acids is 2. The molecule has 18 heavy (non-hydrogen) atoms. The molecule has 6 heteroatoms. The van der Waals surface area contributed by atoms with E-state index in [0.29, 0.717) is 19.6 Å². The van der Waals surface area contributed by atoms with Gasteiger partial charge in [0.25, 0.3) is 0 Å². The molecule has 0 saturated carbocycles. The largest absolute Gasteiger partial charge is 0.422 e. The highest BCUT2D eigenvalue weighted by molar-refractivity contribution is 5.86. The minimum atomic E-state index is -0.512. The molecule has 2 N–H and O–H groups in total. The molecule has 0 rings (SSSR count). The van der Waals surface area contributed by atoms with Crippen molar-refractivity contribution < 1.29 is 19.1 Å². The molecule has 0 aliphatic carbocycles. The smallest absolute Gasteiger partial charge is 0.409 e. The molecular weight excluding hydrogens is 236 g/mol. The third-order valence-electron chi connectivity index (χ3n) is 1.70. The molecule has 0 bridgehead atoms. The molecule has 0 fully saturated rings. The SMILES string of the molecule is C=CC(=O)NCCCOCOC(=O)NC(C)(C)C. The van der Waals surface area contributed by atoms with Crippen LogP contribution in [0.4, 0.5) is 4.79 Å². The topological polar surface area (TPSA) is 76.7 Å². The van der Waals surface area contributed by atoms with Crippen LogP contribution >= 0.6 is 0 Å². The van der Waals surface area contributed by atoms with Crippen LogP contribution in [0.5, 0.6) is 0 Å². The second-order valence-corrected chi connectivity index (χ2v) is 4.68. The second-order valence-electron chi connectivity index (χ2n) is 4.68. The molecular formula is C12H22N2O4. The van der Waals surface area contributed by atoms with Gasteiger partial charge in [0.15, 0.2) is 6.79 Å². The maximum atomic E-state index is 11.2. The van der Waals surface area contributed by atoms with Crippen LogP contribution in [0.3, 0.4) is 0 Å². The Morgan fingerprint density at radius 1 is 1.33 bits per heavy atom. The van der Waals surface area contributed by atoms with Crippen molar-refractivity contribution in [2.75, 3.05) is 19.9 Å². The lowest BCUT2D eigenvalue weighted by molar-refractivity contribution is -0.116. The maximum absolute atomic E-state index is 11.2. The average Bonchev–Trinajstić information content (AvgIpc) is 2.25. The highest BCUT2D eigenvalue weighted by Crippen LogP contribution is 1.98. The molecule has 0 atom stereocenters. The number of nitrogens with one attached hydrogen (secondary N) is 2. The summed E-state index contributed by atoms with van der Waals surface area (Å²) in [5.74, 6) is -0.212. The zero-order valence-corrected chi connectivity index (χ0v) is 11.2. The van der Waals surface area contributed by atoms with Crippen LogP contribution in [0.2, 0.25) is 0 Å². The van der Waals surface area contributed by atoms with Gasteiger partial charge in [-0.25, -0.2) is 4.79 Å². The minimum absolute atomic E-state index is 0.0999. The van der Waals surface area contributed by atoms with E-state index in [1.54, 1.807) is 0 Å². The summed E-state index contributed by atoms with van der Waals surface area (Å²) in [7, 11) is 0. The molecule has 0 radical (unpaired) electrons. The molecule has 0 aromatic carbocycles. The van der Waals surface area contributed by atoms with Crippen LogP contribution in [0.15, 0.2) is 12.7 Å². The van der Waals surface area contributed by atoms with Crippen molar-refractivity contribution in [3.05, 3.63) is 12.7 Å². The third-order valence-corrected chi connectivity index (χ3v) is 1.70. The first-order valence-electron chi connectivity index (χ1n) is 5.78. The average molecular weight is 258 g/mol. The van der Waals surface area contributed by atoms with Crippen molar-refractivity contribution >= 4 is 12.0 Å². The Hall–Kier alpha value is -1.56. The molecule has 0 saturated heterocycles. The van der Waals surface area contributed by atoms with Gasteiger partial charge in [0.05, 0.1) is 6.61 Å². The van der Waals surface area contributed by atoms with Gasteiger partial charge in [-0.05, 0) is 33.3 Å². The molecule has 0 heterocycles. The zero-order valence-electron chi connectivity index (χ0n) is 11.2. The summed E-state index contributed by atoms with van der Waals surface area (Å²) in [5, 5.41) is 5.24. The van der Waals surface area contributed by atoms with E-state index in [-0.39, 0.29) is 18.2 Å². The Morgan fingerprint density at radius 3 is 2.56 bits per heavy atom. The quantitative estimate of drug-likeness (QED) is 0.408. The molecule has 2 amide bonds. The summed E-state index contributed by atoms with van der Waals surface area (Å²) in [6.07, 6.45) is 1.34. The Balaban J connectivity index is 3.38. The monoisotopic (exact) mass is 258 g/mol. The minimum Gasteiger partial charge on any atom is -0.422 e. The van der Waals surface area contributed by atoms with Gasteiger partial charge in [-0.3, -0.25) is 4.79 Å². The fourth-order valence-electron chi connectivity index (χ4n) is 0.954. The first-order valence-corrected chi connectivity index (χ1v) is 5.78. The van der Waals surface area contributed by atoms with Gasteiger partial charge in [-0.2, -0.15) is 0 Å². The Morgan fingerprint density at radius 2 is 2.00 bits per heavy atom. The van der Waals surface area contributed by atoms with Gasteiger partial charge >= 0.3 is 6.09 Å². The molecule has 0 spiro atoms. The fourth-order valence-corrected chi connectivity index (χ4v) is 0.954. The van der Waals surface area contributed by atoms with Gasteiger partial charge in [0.2, 0.25) is 5.91 Å². The van der Waals surface area contributed by atoms with Crippen LogP contribution in [-0.2, 0) is 14.3 Å². The maximum Gasteiger partial charge on any atom is 0.409 e. The normalized spacial score (nSPS) is 10.6. The Kier molecular flexibility index (Phi) is 7.78. The summed E-state index contributed by atoms with van der Waals surface area (Å²) in [6, 6.07) is 0. The lowest BCUT2D eigenvalue weighted by Gasteiger charge is -2.19. The highest BCUT2D eigenvalue weighted by Gasteiger charge is 2.14. The second kappa shape index (κ2) is 8.52. The first kappa shape index (κ1) is 16.4. The first-order chi connectivity index (χ1) is 8.35. The number of amides is 2. The molecule has 0 aromatic rings. The van der Waals surface area contributed by atoms with Crippen molar-refractivity contribution in [3.63, 3.8) is 0 Å². The Bertz CT molecular complexity index is 284. The van der Waals surface area contributed by atoms with Gasteiger partial charge in [-0.15, -0.1) is 0 Å². The Labute approximate surface area is 108 Å². The van der Waals surface area contributed by atoms with Gasteiger partial charge in [0.1, 0.15) is 0 Å². The summed E-state index contributed by atoms with van der Waals surface area (Å²) < 4.78 is 9.87. The highest BCUT2D eigenvalue weighted by atomic mass is 16.7. The van der Waals surface area contributed by atoms with Crippen LogP contribution in [0.1, 0.15) is 27.2 Å². The fraction of sp³-hybridized carbons (Fsp3) is 0.667. The van der Waals surface area contributed by atoms with Crippen molar-refractivity contribution in [2.45, 2.75) is 32.7 Å². The number of rotatable bonds is 7. The predicted molar refractivity (Wildman–Crippen MR) is 68.0 cm³/mol. The van der Waals surface area contributed by atoms with Gasteiger partial charge in [0, 0.05) is 12.1 Å². The number of alkyl carbamates (subject to hydrolysis) is 1. The number of hydrogen-bond acceptors (Lipinski definition) is 4. The standard InChI is InChI=1S/C12H22N2O4/c1-5-10(15)13-7-6-8-17-9-18-11(16)14-12(2,3)4/h5H,1,6-9H2,2-4H3,(H,13,15)(H,14,16). The van der Waals surface area contributed by atoms with E-state index < -0.39 is 6.09 Å². The number of hydrogen-bond donors (Lipinski definition) is 2. The molecule has 0 aromatic heterocycles. The number of ether oxygens (including phenoxy) is 2. The van der Waals surface area contributed by atoms with Gasteiger partial charge in [-0.1, -0.05) is 6.58 Å². The van der Waals surface area contributed by atoms with Crippen molar-refractivity contribution in [1.29, 1.82) is 0 Å². The lowest BCUT2D eigenvalue weighted by Crippen LogP contribution is -2.41. The van der Waals surface area contributed by atoms with E-state index in [1.807, 2.05) is 20.8 Å². The van der Waals surface area contributed by atoms with Gasteiger partial charge < -0.3 is 20.1 Å². The molecule has 0 aliphatic heterocycles. The van der Waals surface area contributed by atoms with E-state index in [4.69, 9.17) is 9.47 Å². The van der Waals surface area contributed by atoms with Crippen LogP contribution in [-0.4, -0.2) is 37.5 Å². The lowest BCUT2D eigenvalue weighted by atomic mass is 10.1. The summed E-state index contributed by atoms with van der Waals surface area (Å²) >= 11 is 0. The molecule has 0 unspecified atom stereocenters. The van der Waals surface area contributed by atoms with Crippen molar-refractivity contribution in [1.82, 2.24) is 10.6 Å². The van der Waals surface area contributed by atoms with Crippen molar-refractivity contribution in [3.8, 4) is 0 Å². The van der Waals surface area contributed by atoms with E-state index in [0.717, 1.165) is 0 Å². The van der Waals surface area contributed by atoms with Crippen LogP contribution in [0.25, 0.3) is 0 Å².